The van der Waals surface area contributed by atoms with Gasteiger partial charge in [-0.05, 0) is 59.0 Å². The molecule has 1 N–H and O–H groups in total. The normalized spacial score (nSPS) is 11.4. The molecule has 20 heavy (non-hydrogen) atoms. The number of benzene rings is 2. The first-order valence-corrected chi connectivity index (χ1v) is 8.92. The predicted octanol–water partition coefficient (Wildman–Crippen LogP) is 5.05. The summed E-state index contributed by atoms with van der Waals surface area (Å²) in [6.45, 7) is 0. The highest BCUT2D eigenvalue weighted by molar-refractivity contribution is 14.1. The number of nitrogens with one attached hydrogen (secondary N) is 1. The SMILES string of the molecule is O=S(=O)(Nc1ccc(I)cc1Cl)c1cc(Cl)ccc1Cl. The molecule has 0 spiro atoms. The fourth-order valence-corrected chi connectivity index (χ4v) is 4.26. The topological polar surface area (TPSA) is 46.2 Å². The maximum absolute atomic E-state index is 12.3. The van der Waals surface area contributed by atoms with E-state index in [4.69, 9.17) is 34.8 Å². The minimum Gasteiger partial charge on any atom is -0.278 e. The summed E-state index contributed by atoms with van der Waals surface area (Å²) >= 11 is 19.8. The summed E-state index contributed by atoms with van der Waals surface area (Å²) < 4.78 is 27.9. The molecule has 0 radical (unpaired) electrons. The van der Waals surface area contributed by atoms with E-state index < -0.39 is 10.0 Å². The van der Waals surface area contributed by atoms with Gasteiger partial charge in [0.1, 0.15) is 4.90 Å². The van der Waals surface area contributed by atoms with E-state index in [1.165, 1.54) is 18.2 Å². The molecule has 0 aliphatic rings. The highest BCUT2D eigenvalue weighted by Crippen LogP contribution is 2.30. The van der Waals surface area contributed by atoms with Gasteiger partial charge in [-0.15, -0.1) is 0 Å². The summed E-state index contributed by atoms with van der Waals surface area (Å²) in [7, 11) is -3.86. The van der Waals surface area contributed by atoms with Gasteiger partial charge < -0.3 is 0 Å². The number of anilines is 1. The molecule has 0 aliphatic heterocycles. The van der Waals surface area contributed by atoms with Crippen LogP contribution in [0.4, 0.5) is 5.69 Å². The first-order chi connectivity index (χ1) is 9.29. The lowest BCUT2D eigenvalue weighted by Crippen LogP contribution is -2.13. The van der Waals surface area contributed by atoms with E-state index in [2.05, 4.69) is 27.3 Å². The van der Waals surface area contributed by atoms with Crippen LogP contribution in [0.25, 0.3) is 0 Å². The van der Waals surface area contributed by atoms with Crippen LogP contribution in [0.1, 0.15) is 0 Å². The molecule has 2 aromatic rings. The molecule has 2 rings (SSSR count). The van der Waals surface area contributed by atoms with Crippen molar-refractivity contribution in [3.05, 3.63) is 55.0 Å². The van der Waals surface area contributed by atoms with Crippen LogP contribution in [-0.4, -0.2) is 8.42 Å². The van der Waals surface area contributed by atoms with Gasteiger partial charge in [0.15, 0.2) is 0 Å². The van der Waals surface area contributed by atoms with Crippen LogP contribution in [0.15, 0.2) is 41.3 Å². The van der Waals surface area contributed by atoms with E-state index >= 15 is 0 Å². The van der Waals surface area contributed by atoms with Crippen LogP contribution in [-0.2, 0) is 10.0 Å². The maximum atomic E-state index is 12.3. The van der Waals surface area contributed by atoms with Crippen molar-refractivity contribution in [1.82, 2.24) is 0 Å². The highest BCUT2D eigenvalue weighted by atomic mass is 127. The maximum Gasteiger partial charge on any atom is 0.263 e. The van der Waals surface area contributed by atoms with Gasteiger partial charge in [-0.3, -0.25) is 4.72 Å². The molecule has 0 saturated carbocycles. The first kappa shape index (κ1) is 16.2. The van der Waals surface area contributed by atoms with E-state index in [-0.39, 0.29) is 20.6 Å². The zero-order valence-electron chi connectivity index (χ0n) is 9.70. The Hall–Kier alpha value is -0.210. The van der Waals surface area contributed by atoms with Crippen LogP contribution in [0, 0.1) is 3.57 Å². The number of hydrogen-bond acceptors (Lipinski definition) is 2. The van der Waals surface area contributed by atoms with Gasteiger partial charge >= 0.3 is 0 Å². The lowest BCUT2D eigenvalue weighted by atomic mass is 10.3. The third-order valence-corrected chi connectivity index (χ3v) is 5.42. The standard InChI is InChI=1S/C12H7Cl3INO2S/c13-7-1-3-9(14)12(5-7)20(18,19)17-11-4-2-8(16)6-10(11)15/h1-6,17H. The van der Waals surface area contributed by atoms with Gasteiger partial charge in [-0.1, -0.05) is 34.8 Å². The predicted molar refractivity (Wildman–Crippen MR) is 91.4 cm³/mol. The number of rotatable bonds is 3. The Labute approximate surface area is 145 Å². The lowest BCUT2D eigenvalue weighted by molar-refractivity contribution is 0.601. The molecule has 0 heterocycles. The molecule has 106 valence electrons. The zero-order chi connectivity index (χ0) is 14.9. The molecule has 0 atom stereocenters. The Morgan fingerprint density at radius 2 is 1.65 bits per heavy atom. The molecule has 0 aliphatic carbocycles. The van der Waals surface area contributed by atoms with Gasteiger partial charge in [0.05, 0.1) is 15.7 Å². The van der Waals surface area contributed by atoms with Crippen LogP contribution in [0.2, 0.25) is 15.1 Å². The van der Waals surface area contributed by atoms with Crippen molar-refractivity contribution in [2.75, 3.05) is 4.72 Å². The quantitative estimate of drug-likeness (QED) is 0.649. The van der Waals surface area contributed by atoms with Crippen molar-refractivity contribution in [3.8, 4) is 0 Å². The fourth-order valence-electron chi connectivity index (χ4n) is 1.46. The average Bonchev–Trinajstić information content (AvgIpc) is 2.35. The van der Waals surface area contributed by atoms with E-state index in [1.807, 2.05) is 0 Å². The fraction of sp³-hybridized carbons (Fsp3) is 0. The van der Waals surface area contributed by atoms with Crippen LogP contribution >= 0.6 is 57.4 Å². The van der Waals surface area contributed by atoms with Crippen molar-refractivity contribution in [2.45, 2.75) is 4.90 Å². The molecule has 3 nitrogen and oxygen atoms in total. The molecule has 0 aromatic heterocycles. The van der Waals surface area contributed by atoms with E-state index in [0.717, 1.165) is 3.57 Å². The van der Waals surface area contributed by atoms with Gasteiger partial charge in [-0.2, -0.15) is 0 Å². The van der Waals surface area contributed by atoms with Crippen LogP contribution in [0.5, 0.6) is 0 Å². The first-order valence-electron chi connectivity index (χ1n) is 5.22. The number of sulfonamides is 1. The lowest BCUT2D eigenvalue weighted by Gasteiger charge is -2.11. The molecule has 0 saturated heterocycles. The van der Waals surface area contributed by atoms with Crippen molar-refractivity contribution >= 4 is 73.1 Å². The molecule has 0 fully saturated rings. The Morgan fingerprint density at radius 1 is 0.950 bits per heavy atom. The van der Waals surface area contributed by atoms with Crippen molar-refractivity contribution in [2.24, 2.45) is 0 Å². The van der Waals surface area contributed by atoms with Gasteiger partial charge in [-0.25, -0.2) is 8.42 Å². The summed E-state index contributed by atoms with van der Waals surface area (Å²) in [5.74, 6) is 0. The summed E-state index contributed by atoms with van der Waals surface area (Å²) in [5.41, 5.74) is 0.281. The van der Waals surface area contributed by atoms with Crippen molar-refractivity contribution in [1.29, 1.82) is 0 Å². The third kappa shape index (κ3) is 3.71. The smallest absolute Gasteiger partial charge is 0.263 e. The summed E-state index contributed by atoms with van der Waals surface area (Å²) in [5, 5.41) is 0.672. The van der Waals surface area contributed by atoms with Crippen molar-refractivity contribution in [3.63, 3.8) is 0 Å². The Morgan fingerprint density at radius 3 is 2.30 bits per heavy atom. The Balaban J connectivity index is 2.43. The van der Waals surface area contributed by atoms with E-state index in [1.54, 1.807) is 18.2 Å². The van der Waals surface area contributed by atoms with Crippen LogP contribution < -0.4 is 4.72 Å². The molecule has 0 unspecified atom stereocenters. The van der Waals surface area contributed by atoms with Crippen molar-refractivity contribution < 1.29 is 8.42 Å². The summed E-state index contributed by atoms with van der Waals surface area (Å²) in [6.07, 6.45) is 0. The number of hydrogen-bond donors (Lipinski definition) is 1. The van der Waals surface area contributed by atoms with Crippen LogP contribution in [0.3, 0.4) is 0 Å². The van der Waals surface area contributed by atoms with Gasteiger partial charge in [0, 0.05) is 8.59 Å². The minimum atomic E-state index is -3.86. The molecule has 8 heteroatoms. The molecule has 2 aromatic carbocycles. The van der Waals surface area contributed by atoms with E-state index in [9.17, 15) is 8.42 Å². The Bertz CT molecular complexity index is 765. The zero-order valence-corrected chi connectivity index (χ0v) is 14.9. The average molecular weight is 463 g/mol. The molecular formula is C12H7Cl3INO2S. The second kappa shape index (κ2) is 6.27. The van der Waals surface area contributed by atoms with Gasteiger partial charge in [0.25, 0.3) is 10.0 Å². The van der Waals surface area contributed by atoms with E-state index in [0.29, 0.717) is 5.02 Å². The highest BCUT2D eigenvalue weighted by Gasteiger charge is 2.19. The molecule has 0 amide bonds. The second-order valence-corrected chi connectivity index (χ2v) is 7.95. The number of halogens is 4. The minimum absolute atomic E-state index is 0.0866. The molecule has 0 bridgehead atoms. The Kier molecular flexibility index (Phi) is 5.07. The summed E-state index contributed by atoms with van der Waals surface area (Å²) in [6, 6.07) is 9.20. The second-order valence-electron chi connectivity index (χ2n) is 3.80. The largest absolute Gasteiger partial charge is 0.278 e. The third-order valence-electron chi connectivity index (χ3n) is 2.36. The summed E-state index contributed by atoms with van der Waals surface area (Å²) in [4.78, 5) is -0.0960. The van der Waals surface area contributed by atoms with Gasteiger partial charge in [0.2, 0.25) is 0 Å². The molecular weight excluding hydrogens is 455 g/mol. The monoisotopic (exact) mass is 461 g/mol.